The monoisotopic (exact) mass is 634 g/mol. The van der Waals surface area contributed by atoms with Crippen molar-refractivity contribution in [3.8, 4) is 46.7 Å². The molecule has 0 amide bonds. The summed E-state index contributed by atoms with van der Waals surface area (Å²) in [6, 6.07) is 13.0. The summed E-state index contributed by atoms with van der Waals surface area (Å²) in [6.07, 6.45) is 0. The molecule has 222 valence electrons. The molecule has 0 aliphatic rings. The fourth-order valence-electron chi connectivity index (χ4n) is 2.86. The Morgan fingerprint density at radius 2 is 0.857 bits per heavy atom. The van der Waals surface area contributed by atoms with Gasteiger partial charge in [-0.1, -0.05) is 23.7 Å². The molecule has 3 aromatic rings. The lowest BCUT2D eigenvalue weighted by Gasteiger charge is -2.15. The van der Waals surface area contributed by atoms with E-state index in [1.54, 1.807) is 0 Å². The molecule has 0 aromatic heterocycles. The minimum absolute atomic E-state index is 0.329. The fraction of sp³-hybridized carbons (Fsp3) is 0.154. The number of hydrogen-bond acceptors (Lipinski definition) is 8. The molecule has 3 aromatic carbocycles. The van der Waals surface area contributed by atoms with Gasteiger partial charge >= 0.3 is 31.3 Å². The molecular weight excluding hydrogens is 618 g/mol. The molecule has 16 heteroatoms. The number of alkyl halides is 6. The number of methoxy groups -OCH3 is 2. The average Bonchev–Trinajstić information content (AvgIpc) is 2.91. The molecule has 0 radical (unpaired) electrons. The van der Waals surface area contributed by atoms with Gasteiger partial charge in [-0.2, -0.15) is 43.2 Å². The highest BCUT2D eigenvalue weighted by Gasteiger charge is 2.51. The summed E-state index contributed by atoms with van der Waals surface area (Å²) < 4.78 is 143. The van der Waals surface area contributed by atoms with E-state index in [9.17, 15) is 43.2 Å². The molecule has 0 saturated carbocycles. The molecule has 8 nitrogen and oxygen atoms in total. The van der Waals surface area contributed by atoms with Crippen molar-refractivity contribution in [1.82, 2.24) is 0 Å². The quantitative estimate of drug-likeness (QED) is 0.162. The zero-order valence-electron chi connectivity index (χ0n) is 21.1. The molecule has 42 heavy (non-hydrogen) atoms. The van der Waals surface area contributed by atoms with Crippen molar-refractivity contribution in [3.63, 3.8) is 0 Å². The summed E-state index contributed by atoms with van der Waals surface area (Å²) in [5.41, 5.74) is -12.1. The van der Waals surface area contributed by atoms with Gasteiger partial charge in [0.15, 0.2) is 11.5 Å². The first kappa shape index (κ1) is 32.0. The van der Waals surface area contributed by atoms with Crippen molar-refractivity contribution in [2.24, 2.45) is 0 Å². The second-order valence-electron chi connectivity index (χ2n) is 7.77. The van der Waals surface area contributed by atoms with Crippen LogP contribution in [0.15, 0.2) is 60.7 Å². The van der Waals surface area contributed by atoms with E-state index >= 15 is 0 Å². The molecular formula is C26H16F6O8S2. The molecule has 0 unspecified atom stereocenters. The Hall–Kier alpha value is -4.54. The van der Waals surface area contributed by atoms with E-state index in [0.717, 1.165) is 0 Å². The minimum Gasteiger partial charge on any atom is -0.497 e. The van der Waals surface area contributed by atoms with Gasteiger partial charge in [0.1, 0.15) is 11.5 Å². The first-order valence-electron chi connectivity index (χ1n) is 11.0. The molecule has 0 saturated heterocycles. The van der Waals surface area contributed by atoms with E-state index in [2.05, 4.69) is 32.0 Å². The third-order valence-electron chi connectivity index (χ3n) is 4.91. The summed E-state index contributed by atoms with van der Waals surface area (Å²) in [7, 11) is -10.2. The SMILES string of the molecule is COc1ccc(C#Cc2cc(OS(=O)(=O)C(F)(F)F)c(OS(=O)(=O)C(F)(F)F)cc2C#Cc2ccc(OC)cc2)cc1. The van der Waals surface area contributed by atoms with E-state index < -0.39 is 42.8 Å². The van der Waals surface area contributed by atoms with Gasteiger partial charge in [-0.25, -0.2) is 0 Å². The largest absolute Gasteiger partial charge is 0.534 e. The van der Waals surface area contributed by atoms with Crippen molar-refractivity contribution in [1.29, 1.82) is 0 Å². The summed E-state index contributed by atoms with van der Waals surface area (Å²) in [6.45, 7) is 0. The highest BCUT2D eigenvalue weighted by Crippen LogP contribution is 2.38. The third kappa shape index (κ3) is 7.80. The Balaban J connectivity index is 2.27. The van der Waals surface area contributed by atoms with E-state index in [0.29, 0.717) is 34.8 Å². The van der Waals surface area contributed by atoms with Gasteiger partial charge in [0.2, 0.25) is 0 Å². The molecule has 0 aliphatic heterocycles. The molecule has 3 rings (SSSR count). The van der Waals surface area contributed by atoms with E-state index in [1.165, 1.54) is 62.8 Å². The van der Waals surface area contributed by atoms with Crippen LogP contribution in [0.5, 0.6) is 23.0 Å². The average molecular weight is 635 g/mol. The van der Waals surface area contributed by atoms with E-state index in [-0.39, 0.29) is 11.1 Å². The second-order valence-corrected chi connectivity index (χ2v) is 10.8. The van der Waals surface area contributed by atoms with Gasteiger partial charge in [-0.05, 0) is 48.5 Å². The molecule has 0 spiro atoms. The molecule has 0 fully saturated rings. The van der Waals surface area contributed by atoms with Crippen molar-refractivity contribution in [3.05, 3.63) is 82.9 Å². The summed E-state index contributed by atoms with van der Waals surface area (Å²) in [4.78, 5) is 0. The highest BCUT2D eigenvalue weighted by molar-refractivity contribution is 7.88. The van der Waals surface area contributed by atoms with Crippen molar-refractivity contribution < 1.29 is 61.0 Å². The van der Waals surface area contributed by atoms with Crippen LogP contribution in [0.1, 0.15) is 22.3 Å². The molecule has 0 heterocycles. The zero-order chi connectivity index (χ0) is 31.3. The third-order valence-corrected chi connectivity index (χ3v) is 6.84. The summed E-state index contributed by atoms with van der Waals surface area (Å²) in [5, 5.41) is 0. The van der Waals surface area contributed by atoms with Gasteiger partial charge in [-0.3, -0.25) is 0 Å². The molecule has 0 aliphatic carbocycles. The van der Waals surface area contributed by atoms with Crippen LogP contribution in [-0.4, -0.2) is 42.1 Å². The van der Waals surface area contributed by atoms with Gasteiger partial charge in [0.05, 0.1) is 14.2 Å². The van der Waals surface area contributed by atoms with Crippen LogP contribution in [0.4, 0.5) is 26.3 Å². The number of ether oxygens (including phenoxy) is 2. The Bertz CT molecular complexity index is 1660. The predicted molar refractivity (Wildman–Crippen MR) is 136 cm³/mol. The topological polar surface area (TPSA) is 105 Å². The Morgan fingerprint density at radius 1 is 0.548 bits per heavy atom. The predicted octanol–water partition coefficient (Wildman–Crippen LogP) is 4.96. The zero-order valence-corrected chi connectivity index (χ0v) is 22.8. The molecule has 0 N–H and O–H groups in total. The van der Waals surface area contributed by atoms with Crippen LogP contribution >= 0.6 is 0 Å². The van der Waals surface area contributed by atoms with Crippen molar-refractivity contribution in [2.75, 3.05) is 14.2 Å². The Morgan fingerprint density at radius 3 is 1.12 bits per heavy atom. The van der Waals surface area contributed by atoms with Crippen LogP contribution in [-0.2, 0) is 20.2 Å². The molecule has 0 atom stereocenters. The normalized spacial score (nSPS) is 11.8. The smallest absolute Gasteiger partial charge is 0.497 e. The second kappa shape index (κ2) is 12.1. The maximum atomic E-state index is 13.0. The van der Waals surface area contributed by atoms with Gasteiger partial charge < -0.3 is 17.8 Å². The maximum absolute atomic E-state index is 13.0. The van der Waals surface area contributed by atoms with Gasteiger partial charge in [0.25, 0.3) is 0 Å². The number of rotatable bonds is 6. The lowest BCUT2D eigenvalue weighted by atomic mass is 10.1. The summed E-state index contributed by atoms with van der Waals surface area (Å²) in [5.74, 6) is 8.10. The maximum Gasteiger partial charge on any atom is 0.534 e. The van der Waals surface area contributed by atoms with E-state index in [1.807, 2.05) is 0 Å². The molecule has 0 bridgehead atoms. The van der Waals surface area contributed by atoms with Crippen LogP contribution in [0.25, 0.3) is 0 Å². The van der Waals surface area contributed by atoms with Gasteiger partial charge in [0, 0.05) is 34.4 Å². The number of halogens is 6. The first-order chi connectivity index (χ1) is 19.5. The van der Waals surface area contributed by atoms with Crippen LogP contribution < -0.4 is 17.8 Å². The highest BCUT2D eigenvalue weighted by atomic mass is 32.2. The standard InChI is InChI=1S/C26H16F6O8S2/c1-37-21-11-5-17(6-12-21)3-9-19-15-23(39-41(33,34)25(27,28)29)24(40-42(35,36)26(30,31)32)16-20(19)10-4-18-7-13-22(38-2)14-8-18/h5-8,11-16H,1-2H3. The first-order valence-corrected chi connectivity index (χ1v) is 13.8. The Kier molecular flexibility index (Phi) is 9.24. The lowest BCUT2D eigenvalue weighted by molar-refractivity contribution is -0.0513. The van der Waals surface area contributed by atoms with E-state index in [4.69, 9.17) is 9.47 Å². The van der Waals surface area contributed by atoms with Crippen molar-refractivity contribution >= 4 is 20.2 Å². The number of hydrogen-bond donors (Lipinski definition) is 0. The van der Waals surface area contributed by atoms with Crippen molar-refractivity contribution in [2.45, 2.75) is 11.0 Å². The minimum atomic E-state index is -6.50. The Labute approximate surface area is 236 Å². The van der Waals surface area contributed by atoms with Crippen LogP contribution in [0.2, 0.25) is 0 Å². The van der Waals surface area contributed by atoms with Crippen LogP contribution in [0.3, 0.4) is 0 Å². The van der Waals surface area contributed by atoms with Gasteiger partial charge in [-0.15, -0.1) is 0 Å². The lowest BCUT2D eigenvalue weighted by Crippen LogP contribution is -2.30. The number of benzene rings is 3. The van der Waals surface area contributed by atoms with Crippen LogP contribution in [0, 0.1) is 23.7 Å². The summed E-state index contributed by atoms with van der Waals surface area (Å²) >= 11 is 0. The fourth-order valence-corrected chi connectivity index (χ4v) is 3.78.